The molecule has 2 aromatic carbocycles. The predicted octanol–water partition coefficient (Wildman–Crippen LogP) is 3.47. The fourth-order valence-corrected chi connectivity index (χ4v) is 5.60. The van der Waals surface area contributed by atoms with E-state index in [4.69, 9.17) is 48.9 Å². The Kier molecular flexibility index (Phi) is 7.55. The van der Waals surface area contributed by atoms with Crippen molar-refractivity contribution in [3.05, 3.63) is 44.4 Å². The average molecular weight is 549 g/mol. The molecule has 0 atom stereocenters. The fourth-order valence-electron chi connectivity index (χ4n) is 5.15. The number of nitrogens with two attached hydrogens (primary N) is 2. The number of hydrogen-bond acceptors (Lipinski definition) is 8. The van der Waals surface area contributed by atoms with E-state index in [1.54, 1.807) is 6.07 Å². The molecule has 5 rings (SSSR count). The van der Waals surface area contributed by atoms with Crippen molar-refractivity contribution in [3.8, 4) is 11.5 Å². The number of esters is 1. The van der Waals surface area contributed by atoms with Gasteiger partial charge < -0.3 is 35.9 Å². The third kappa shape index (κ3) is 5.26. The maximum absolute atomic E-state index is 12.9. The first-order chi connectivity index (χ1) is 17.8. The van der Waals surface area contributed by atoms with Gasteiger partial charge in [-0.1, -0.05) is 23.2 Å². The number of nitrogens with one attached hydrogen (secondary N) is 1. The Balaban J connectivity index is 1.06. The molecule has 37 heavy (non-hydrogen) atoms. The van der Waals surface area contributed by atoms with Gasteiger partial charge in [-0.15, -0.1) is 0 Å². The molecule has 1 fully saturated rings. The minimum atomic E-state index is -0.459. The van der Waals surface area contributed by atoms with E-state index < -0.39 is 5.97 Å². The van der Waals surface area contributed by atoms with Crippen LogP contribution >= 0.6 is 23.2 Å². The summed E-state index contributed by atoms with van der Waals surface area (Å²) in [5.41, 5.74) is 15.3. The first-order valence-corrected chi connectivity index (χ1v) is 13.3. The second-order valence-corrected chi connectivity index (χ2v) is 10.3. The Labute approximate surface area is 225 Å². The number of hydrogen-bond donors (Lipinski definition) is 3. The smallest absolute Gasteiger partial charge is 0.341 e. The number of halogens is 2. The summed E-state index contributed by atoms with van der Waals surface area (Å²) in [5, 5.41) is 3.83. The van der Waals surface area contributed by atoms with Gasteiger partial charge in [0.15, 0.2) is 0 Å². The highest BCUT2D eigenvalue weighted by molar-refractivity contribution is 6.34. The van der Waals surface area contributed by atoms with Crippen LogP contribution < -0.4 is 26.3 Å². The zero-order chi connectivity index (χ0) is 26.1. The number of carbonyl (C=O) groups is 2. The Hall–Kier alpha value is -2.88. The number of amides is 1. The Bertz CT molecular complexity index is 1230. The zero-order valence-corrected chi connectivity index (χ0v) is 21.9. The second-order valence-electron chi connectivity index (χ2n) is 9.53. The van der Waals surface area contributed by atoms with Crippen molar-refractivity contribution in [2.75, 3.05) is 50.9 Å². The third-order valence-electron chi connectivity index (χ3n) is 7.18. The van der Waals surface area contributed by atoms with Crippen LogP contribution in [-0.4, -0.2) is 62.3 Å². The van der Waals surface area contributed by atoms with Crippen LogP contribution in [0.15, 0.2) is 12.1 Å². The number of fused-ring (bicyclic) bond motifs is 2. The molecule has 0 bridgehead atoms. The van der Waals surface area contributed by atoms with Gasteiger partial charge in [0.05, 0.1) is 46.8 Å². The van der Waals surface area contributed by atoms with E-state index in [0.717, 1.165) is 43.6 Å². The Morgan fingerprint density at radius 2 is 1.54 bits per heavy atom. The molecular weight excluding hydrogens is 519 g/mol. The van der Waals surface area contributed by atoms with E-state index in [-0.39, 0.29) is 18.6 Å². The molecule has 11 heteroatoms. The molecule has 5 N–H and O–H groups in total. The molecule has 1 saturated heterocycles. The average Bonchev–Trinajstić information content (AvgIpc) is 3.58. The maximum atomic E-state index is 12.9. The summed E-state index contributed by atoms with van der Waals surface area (Å²) in [6.07, 6.45) is 3.62. The Morgan fingerprint density at radius 1 is 0.973 bits per heavy atom. The van der Waals surface area contributed by atoms with Gasteiger partial charge in [-0.05, 0) is 31.4 Å². The minimum absolute atomic E-state index is 0.0623. The SMILES string of the molecule is Nc1c(Cl)cc(C(=O)NC2CCN(CCCOC(=O)c3cc(Cl)c(N)c4c3OCC4)CC2)c2c1CCO2. The van der Waals surface area contributed by atoms with Crippen LogP contribution in [0, 0.1) is 0 Å². The number of anilines is 2. The standard InChI is InChI=1S/C26H30Cl2N4O5/c27-19-12-17(23-15(21(19)29)4-10-35-23)25(33)31-14-2-7-32(8-3-14)6-1-9-37-26(34)18-13-20(28)22(30)16-5-11-36-24(16)18/h12-14H,1-11,29-30H2,(H,31,33). The lowest BCUT2D eigenvalue weighted by Gasteiger charge is -2.32. The van der Waals surface area contributed by atoms with Crippen LogP contribution in [0.25, 0.3) is 0 Å². The lowest BCUT2D eigenvalue weighted by atomic mass is 10.0. The van der Waals surface area contributed by atoms with E-state index in [1.807, 2.05) is 0 Å². The van der Waals surface area contributed by atoms with Gasteiger partial charge in [-0.2, -0.15) is 0 Å². The van der Waals surface area contributed by atoms with Gasteiger partial charge in [0.25, 0.3) is 5.91 Å². The highest BCUT2D eigenvalue weighted by Gasteiger charge is 2.28. The first kappa shape index (κ1) is 25.8. The largest absolute Gasteiger partial charge is 0.492 e. The lowest BCUT2D eigenvalue weighted by molar-refractivity contribution is 0.0480. The molecule has 3 heterocycles. The normalized spacial score (nSPS) is 17.0. The first-order valence-electron chi connectivity index (χ1n) is 12.5. The topological polar surface area (TPSA) is 129 Å². The van der Waals surface area contributed by atoms with Crippen molar-refractivity contribution in [1.82, 2.24) is 10.2 Å². The number of benzene rings is 2. The lowest BCUT2D eigenvalue weighted by Crippen LogP contribution is -2.45. The molecule has 1 amide bonds. The van der Waals surface area contributed by atoms with Crippen LogP contribution in [0.5, 0.6) is 11.5 Å². The summed E-state index contributed by atoms with van der Waals surface area (Å²) in [6, 6.07) is 3.17. The van der Waals surface area contributed by atoms with Gasteiger partial charge in [0, 0.05) is 49.6 Å². The number of rotatable bonds is 7. The van der Waals surface area contributed by atoms with Gasteiger partial charge in [-0.25, -0.2) is 4.79 Å². The Morgan fingerprint density at radius 3 is 2.16 bits per heavy atom. The molecule has 9 nitrogen and oxygen atoms in total. The van der Waals surface area contributed by atoms with Gasteiger partial charge in [0.1, 0.15) is 17.1 Å². The highest BCUT2D eigenvalue weighted by Crippen LogP contribution is 2.40. The van der Waals surface area contributed by atoms with Gasteiger partial charge in [0.2, 0.25) is 0 Å². The van der Waals surface area contributed by atoms with Crippen LogP contribution in [0.3, 0.4) is 0 Å². The summed E-state index contributed by atoms with van der Waals surface area (Å²) in [5.74, 6) is 0.376. The number of nitrogens with zero attached hydrogens (tertiary/aromatic N) is 1. The van der Waals surface area contributed by atoms with Crippen LogP contribution in [-0.2, 0) is 17.6 Å². The molecule has 0 spiro atoms. The van der Waals surface area contributed by atoms with Crippen LogP contribution in [0.4, 0.5) is 11.4 Å². The van der Waals surface area contributed by atoms with Crippen molar-refractivity contribution in [2.45, 2.75) is 38.1 Å². The van der Waals surface area contributed by atoms with Crippen LogP contribution in [0.1, 0.15) is 51.1 Å². The predicted molar refractivity (Wildman–Crippen MR) is 142 cm³/mol. The van der Waals surface area contributed by atoms with E-state index >= 15 is 0 Å². The van der Waals surface area contributed by atoms with E-state index in [9.17, 15) is 9.59 Å². The number of likely N-dealkylation sites (tertiary alicyclic amines) is 1. The van der Waals surface area contributed by atoms with Gasteiger partial charge >= 0.3 is 5.97 Å². The number of nitrogen functional groups attached to an aromatic ring is 2. The molecule has 198 valence electrons. The highest BCUT2D eigenvalue weighted by atomic mass is 35.5. The van der Waals surface area contributed by atoms with E-state index in [2.05, 4.69) is 10.2 Å². The summed E-state index contributed by atoms with van der Waals surface area (Å²) in [4.78, 5) is 27.9. The van der Waals surface area contributed by atoms with Crippen molar-refractivity contribution < 1.29 is 23.8 Å². The quantitative estimate of drug-likeness (QED) is 0.272. The minimum Gasteiger partial charge on any atom is -0.492 e. The molecule has 0 radical (unpaired) electrons. The summed E-state index contributed by atoms with van der Waals surface area (Å²) < 4.78 is 16.7. The van der Waals surface area contributed by atoms with Crippen LogP contribution in [0.2, 0.25) is 10.0 Å². The summed E-state index contributed by atoms with van der Waals surface area (Å²) in [7, 11) is 0. The third-order valence-corrected chi connectivity index (χ3v) is 7.81. The fraction of sp³-hybridized carbons (Fsp3) is 0.462. The molecule has 2 aromatic rings. The molecule has 0 aliphatic carbocycles. The van der Waals surface area contributed by atoms with E-state index in [0.29, 0.717) is 76.5 Å². The number of carbonyl (C=O) groups excluding carboxylic acids is 2. The summed E-state index contributed by atoms with van der Waals surface area (Å²) in [6.45, 7) is 3.73. The molecule has 0 aromatic heterocycles. The van der Waals surface area contributed by atoms with Crippen molar-refractivity contribution in [2.24, 2.45) is 0 Å². The zero-order valence-electron chi connectivity index (χ0n) is 20.4. The maximum Gasteiger partial charge on any atom is 0.341 e. The molecule has 3 aliphatic rings. The van der Waals surface area contributed by atoms with Crippen molar-refractivity contribution in [1.29, 1.82) is 0 Å². The molecular formula is C26H30Cl2N4O5. The van der Waals surface area contributed by atoms with Gasteiger partial charge in [-0.3, -0.25) is 4.79 Å². The number of ether oxygens (including phenoxy) is 3. The molecule has 0 unspecified atom stereocenters. The molecule has 3 aliphatic heterocycles. The van der Waals surface area contributed by atoms with Crippen molar-refractivity contribution >= 4 is 46.5 Å². The van der Waals surface area contributed by atoms with E-state index in [1.165, 1.54) is 6.07 Å². The second kappa shape index (κ2) is 10.8. The molecule has 0 saturated carbocycles. The van der Waals surface area contributed by atoms with Crippen molar-refractivity contribution in [3.63, 3.8) is 0 Å². The summed E-state index contributed by atoms with van der Waals surface area (Å²) >= 11 is 12.4. The number of piperidine rings is 1. The monoisotopic (exact) mass is 548 g/mol.